The van der Waals surface area contributed by atoms with Crippen LogP contribution >= 0.6 is 0 Å². The van der Waals surface area contributed by atoms with E-state index in [0.717, 1.165) is 18.7 Å². The van der Waals surface area contributed by atoms with Crippen LogP contribution in [0.4, 0.5) is 10.1 Å². The molecule has 1 heterocycles. The Balaban J connectivity index is 2.24. The van der Waals surface area contributed by atoms with E-state index in [0.29, 0.717) is 18.7 Å². The van der Waals surface area contributed by atoms with E-state index < -0.39 is 0 Å². The summed E-state index contributed by atoms with van der Waals surface area (Å²) >= 11 is 0. The first-order chi connectivity index (χ1) is 9.58. The highest BCUT2D eigenvalue weighted by Gasteiger charge is 2.19. The molecule has 0 saturated carbocycles. The second-order valence-corrected chi connectivity index (χ2v) is 5.40. The van der Waals surface area contributed by atoms with Gasteiger partial charge in [0.1, 0.15) is 5.82 Å². The molecule has 1 saturated heterocycles. The van der Waals surface area contributed by atoms with Gasteiger partial charge in [0.25, 0.3) is 0 Å². The molecule has 1 aliphatic rings. The number of nitrogens with one attached hydrogen (secondary N) is 2. The average Bonchev–Trinajstić information content (AvgIpc) is 2.61. The van der Waals surface area contributed by atoms with Crippen molar-refractivity contribution >= 4 is 11.6 Å². The number of carbonyl (C=O) groups is 1. The van der Waals surface area contributed by atoms with Crippen molar-refractivity contribution in [1.29, 1.82) is 0 Å². The standard InChI is InChI=1S/C15H22FN3O/c1-11(2)18-9-12-13(16)5-3-6-14(12)19-8-4-7-17-15(20)10-19/h3,5-6,11,18H,4,7-10H2,1-2H3,(H,17,20). The summed E-state index contributed by atoms with van der Waals surface area (Å²) in [6, 6.07) is 5.35. The molecule has 0 aliphatic carbocycles. The van der Waals surface area contributed by atoms with Gasteiger partial charge < -0.3 is 15.5 Å². The SMILES string of the molecule is CC(C)NCc1c(F)cccc1N1CCCNC(=O)C1. The Morgan fingerprint density at radius 2 is 2.25 bits per heavy atom. The van der Waals surface area contributed by atoms with Crippen LogP contribution < -0.4 is 15.5 Å². The first-order valence-corrected chi connectivity index (χ1v) is 7.10. The van der Waals surface area contributed by atoms with E-state index in [1.54, 1.807) is 6.07 Å². The van der Waals surface area contributed by atoms with Crippen LogP contribution in [0.5, 0.6) is 0 Å². The molecule has 0 spiro atoms. The molecule has 1 aromatic rings. The minimum Gasteiger partial charge on any atom is -0.362 e. The van der Waals surface area contributed by atoms with E-state index >= 15 is 0 Å². The summed E-state index contributed by atoms with van der Waals surface area (Å²) in [6.07, 6.45) is 0.874. The largest absolute Gasteiger partial charge is 0.362 e. The van der Waals surface area contributed by atoms with Crippen LogP contribution in [0.1, 0.15) is 25.8 Å². The molecule has 4 nitrogen and oxygen atoms in total. The van der Waals surface area contributed by atoms with Crippen molar-refractivity contribution in [2.75, 3.05) is 24.5 Å². The minimum atomic E-state index is -0.222. The summed E-state index contributed by atoms with van der Waals surface area (Å²) < 4.78 is 14.1. The second kappa shape index (κ2) is 6.70. The molecular formula is C15H22FN3O. The van der Waals surface area contributed by atoms with Gasteiger partial charge in [0, 0.05) is 36.9 Å². The summed E-state index contributed by atoms with van der Waals surface area (Å²) in [6.45, 7) is 6.26. The Hall–Kier alpha value is -1.62. The van der Waals surface area contributed by atoms with E-state index in [1.807, 2.05) is 24.8 Å². The third-order valence-corrected chi connectivity index (χ3v) is 3.38. The normalized spacial score (nSPS) is 16.2. The highest BCUT2D eigenvalue weighted by Crippen LogP contribution is 2.24. The van der Waals surface area contributed by atoms with Gasteiger partial charge in [-0.25, -0.2) is 4.39 Å². The maximum Gasteiger partial charge on any atom is 0.239 e. The Morgan fingerprint density at radius 1 is 1.45 bits per heavy atom. The smallest absolute Gasteiger partial charge is 0.239 e. The lowest BCUT2D eigenvalue weighted by Gasteiger charge is -2.25. The number of halogens is 1. The van der Waals surface area contributed by atoms with Gasteiger partial charge in [0.15, 0.2) is 0 Å². The lowest BCUT2D eigenvalue weighted by Crippen LogP contribution is -2.34. The molecule has 1 amide bonds. The third-order valence-electron chi connectivity index (χ3n) is 3.38. The molecule has 2 N–H and O–H groups in total. The van der Waals surface area contributed by atoms with Crippen LogP contribution in [0.3, 0.4) is 0 Å². The molecule has 1 aliphatic heterocycles. The zero-order chi connectivity index (χ0) is 14.5. The molecule has 110 valence electrons. The first-order valence-electron chi connectivity index (χ1n) is 7.10. The number of hydrogen-bond donors (Lipinski definition) is 2. The predicted molar refractivity (Wildman–Crippen MR) is 78.2 cm³/mol. The lowest BCUT2D eigenvalue weighted by molar-refractivity contribution is -0.119. The van der Waals surface area contributed by atoms with E-state index in [-0.39, 0.29) is 24.3 Å². The Kier molecular flexibility index (Phi) is 4.95. The molecule has 5 heteroatoms. The number of rotatable bonds is 4. The van der Waals surface area contributed by atoms with Crippen LogP contribution in [0.25, 0.3) is 0 Å². The third kappa shape index (κ3) is 3.70. The van der Waals surface area contributed by atoms with Crippen molar-refractivity contribution in [3.05, 3.63) is 29.6 Å². The Bertz CT molecular complexity index is 476. The van der Waals surface area contributed by atoms with Gasteiger partial charge in [0.2, 0.25) is 5.91 Å². The monoisotopic (exact) mass is 279 g/mol. The van der Waals surface area contributed by atoms with E-state index in [2.05, 4.69) is 10.6 Å². The molecule has 2 rings (SSSR count). The van der Waals surface area contributed by atoms with Crippen molar-refractivity contribution in [2.45, 2.75) is 32.9 Å². The van der Waals surface area contributed by atoms with Gasteiger partial charge in [0.05, 0.1) is 6.54 Å². The Labute approximate surface area is 119 Å². The highest BCUT2D eigenvalue weighted by atomic mass is 19.1. The van der Waals surface area contributed by atoms with Gasteiger partial charge in [-0.2, -0.15) is 0 Å². The topological polar surface area (TPSA) is 44.4 Å². The fourth-order valence-corrected chi connectivity index (χ4v) is 2.34. The van der Waals surface area contributed by atoms with Crippen molar-refractivity contribution in [1.82, 2.24) is 10.6 Å². The quantitative estimate of drug-likeness (QED) is 0.881. The highest BCUT2D eigenvalue weighted by molar-refractivity contribution is 5.82. The number of nitrogens with zero attached hydrogens (tertiary/aromatic N) is 1. The number of hydrogen-bond acceptors (Lipinski definition) is 3. The van der Waals surface area contributed by atoms with Crippen LogP contribution in [0.15, 0.2) is 18.2 Å². The molecule has 1 fully saturated rings. The average molecular weight is 279 g/mol. The zero-order valence-electron chi connectivity index (χ0n) is 12.1. The first kappa shape index (κ1) is 14.8. The van der Waals surface area contributed by atoms with E-state index in [4.69, 9.17) is 0 Å². The van der Waals surface area contributed by atoms with Crippen LogP contribution in [0.2, 0.25) is 0 Å². The van der Waals surface area contributed by atoms with Crippen molar-refractivity contribution in [2.24, 2.45) is 0 Å². The van der Waals surface area contributed by atoms with Crippen molar-refractivity contribution in [3.63, 3.8) is 0 Å². The van der Waals surface area contributed by atoms with Gasteiger partial charge in [-0.3, -0.25) is 4.79 Å². The van der Waals surface area contributed by atoms with Gasteiger partial charge in [-0.1, -0.05) is 19.9 Å². The fraction of sp³-hybridized carbons (Fsp3) is 0.533. The number of carbonyl (C=O) groups excluding carboxylic acids is 1. The zero-order valence-corrected chi connectivity index (χ0v) is 12.1. The summed E-state index contributed by atoms with van der Waals surface area (Å²) in [5.74, 6) is -0.227. The molecule has 1 aromatic carbocycles. The van der Waals surface area contributed by atoms with Crippen LogP contribution in [0, 0.1) is 5.82 Å². The maximum atomic E-state index is 14.1. The van der Waals surface area contributed by atoms with Crippen molar-refractivity contribution in [3.8, 4) is 0 Å². The fourth-order valence-electron chi connectivity index (χ4n) is 2.34. The van der Waals surface area contributed by atoms with E-state index in [9.17, 15) is 9.18 Å². The summed E-state index contributed by atoms with van der Waals surface area (Å²) in [5, 5.41) is 6.08. The molecule has 0 unspecified atom stereocenters. The van der Waals surface area contributed by atoms with Gasteiger partial charge in [-0.15, -0.1) is 0 Å². The lowest BCUT2D eigenvalue weighted by atomic mass is 10.1. The second-order valence-electron chi connectivity index (χ2n) is 5.40. The van der Waals surface area contributed by atoms with Crippen LogP contribution in [-0.4, -0.2) is 31.6 Å². The Morgan fingerprint density at radius 3 is 3.00 bits per heavy atom. The molecule has 0 atom stereocenters. The number of benzene rings is 1. The van der Waals surface area contributed by atoms with E-state index in [1.165, 1.54) is 6.07 Å². The molecule has 0 bridgehead atoms. The summed E-state index contributed by atoms with van der Waals surface area (Å²) in [5.41, 5.74) is 1.45. The minimum absolute atomic E-state index is 0.00506. The van der Waals surface area contributed by atoms with Gasteiger partial charge in [-0.05, 0) is 18.6 Å². The predicted octanol–water partition coefficient (Wildman–Crippen LogP) is 1.65. The van der Waals surface area contributed by atoms with Crippen LogP contribution in [-0.2, 0) is 11.3 Å². The number of amides is 1. The van der Waals surface area contributed by atoms with Gasteiger partial charge >= 0.3 is 0 Å². The summed E-state index contributed by atoms with van der Waals surface area (Å²) in [7, 11) is 0. The summed E-state index contributed by atoms with van der Waals surface area (Å²) in [4.78, 5) is 13.6. The maximum absolute atomic E-state index is 14.1. The molecular weight excluding hydrogens is 257 g/mol. The number of anilines is 1. The molecule has 0 aromatic heterocycles. The molecule has 0 radical (unpaired) electrons. The van der Waals surface area contributed by atoms with Crippen molar-refractivity contribution < 1.29 is 9.18 Å². The molecule has 20 heavy (non-hydrogen) atoms.